The molecule has 0 atom stereocenters. The van der Waals surface area contributed by atoms with Crippen LogP contribution in [0.3, 0.4) is 0 Å². The van der Waals surface area contributed by atoms with Crippen molar-refractivity contribution < 1.29 is 37.7 Å². The topological polar surface area (TPSA) is 52.9 Å². The molecule has 0 saturated heterocycles. The predicted octanol–water partition coefficient (Wildman–Crippen LogP) is -3.16. The molecule has 0 N–H and O–H groups in total. The summed E-state index contributed by atoms with van der Waals surface area (Å²) < 4.78 is 0. The Hall–Kier alpha value is 0.395. The van der Waals surface area contributed by atoms with E-state index in [-0.39, 0.29) is 49.8 Å². The zero-order chi connectivity index (χ0) is 7.98. The molecule has 60 valence electrons. The van der Waals surface area contributed by atoms with Gasteiger partial charge in [-0.15, -0.1) is 0 Å². The SMILES string of the molecule is CC(C)[N-]N=N[N-]C(C)C.[Li+].[Li+]. The first-order valence-corrected chi connectivity index (χ1v) is 3.43. The van der Waals surface area contributed by atoms with Gasteiger partial charge in [0.25, 0.3) is 0 Å². The summed E-state index contributed by atoms with van der Waals surface area (Å²) in [6, 6.07) is 0.400. The first-order chi connectivity index (χ1) is 4.63. The van der Waals surface area contributed by atoms with Crippen molar-refractivity contribution in [3.8, 4) is 0 Å². The zero-order valence-electron chi connectivity index (χ0n) is 8.94. The molecule has 6 heteroatoms. The molecular weight excluding hydrogens is 142 g/mol. The van der Waals surface area contributed by atoms with Crippen LogP contribution in [0.25, 0.3) is 10.9 Å². The van der Waals surface area contributed by atoms with Crippen molar-refractivity contribution in [3.05, 3.63) is 10.9 Å². The van der Waals surface area contributed by atoms with Crippen molar-refractivity contribution >= 4 is 0 Å². The van der Waals surface area contributed by atoms with Gasteiger partial charge in [0.1, 0.15) is 0 Å². The average Bonchev–Trinajstić information content (AvgIpc) is 1.79. The van der Waals surface area contributed by atoms with E-state index in [1.165, 1.54) is 0 Å². The molecule has 0 fully saturated rings. The molecule has 0 spiro atoms. The van der Waals surface area contributed by atoms with Crippen LogP contribution in [0, 0.1) is 0 Å². The summed E-state index contributed by atoms with van der Waals surface area (Å²) in [5.74, 6) is 0. The number of rotatable bonds is 4. The van der Waals surface area contributed by atoms with Crippen molar-refractivity contribution in [1.29, 1.82) is 0 Å². The van der Waals surface area contributed by atoms with Crippen LogP contribution >= 0.6 is 0 Å². The minimum Gasteiger partial charge on any atom is -0.498 e. The van der Waals surface area contributed by atoms with E-state index in [1.807, 2.05) is 27.7 Å². The molecule has 0 radical (unpaired) electrons. The summed E-state index contributed by atoms with van der Waals surface area (Å²) in [6.45, 7) is 7.76. The van der Waals surface area contributed by atoms with Gasteiger partial charge in [-0.2, -0.15) is 0 Å². The third kappa shape index (κ3) is 16.8. The first-order valence-electron chi connectivity index (χ1n) is 3.43. The molecular formula is C6H14Li2N4. The third-order valence-electron chi connectivity index (χ3n) is 0.605. The Bertz CT molecular complexity index is 93.7. The van der Waals surface area contributed by atoms with E-state index in [9.17, 15) is 0 Å². The van der Waals surface area contributed by atoms with Crippen molar-refractivity contribution in [2.24, 2.45) is 10.4 Å². The van der Waals surface area contributed by atoms with E-state index >= 15 is 0 Å². The van der Waals surface area contributed by atoms with Gasteiger partial charge in [-0.25, -0.2) is 0 Å². The molecule has 0 saturated carbocycles. The van der Waals surface area contributed by atoms with Crippen LogP contribution in [0.15, 0.2) is 10.4 Å². The quantitative estimate of drug-likeness (QED) is 0.234. The molecule has 0 aliphatic rings. The van der Waals surface area contributed by atoms with Gasteiger partial charge in [0.15, 0.2) is 0 Å². The van der Waals surface area contributed by atoms with Crippen LogP contribution in [0.1, 0.15) is 27.7 Å². The van der Waals surface area contributed by atoms with E-state index in [0.717, 1.165) is 0 Å². The fraction of sp³-hybridized carbons (Fsp3) is 1.00. The molecule has 0 aliphatic carbocycles. The second-order valence-corrected chi connectivity index (χ2v) is 2.60. The van der Waals surface area contributed by atoms with Gasteiger partial charge in [0.2, 0.25) is 0 Å². The standard InChI is InChI=1S/C6H14N4.2Li/c1-5(2)7-9-10-8-6(3)4;;/h5-6H,1-4H3;;/q-2;2*+1. The Balaban J connectivity index is -0.000000405. The molecule has 0 unspecified atom stereocenters. The summed E-state index contributed by atoms with van der Waals surface area (Å²) in [6.07, 6.45) is 0. The van der Waals surface area contributed by atoms with Gasteiger partial charge in [-0.3, -0.25) is 0 Å². The molecule has 0 bridgehead atoms. The molecule has 12 heavy (non-hydrogen) atoms. The van der Waals surface area contributed by atoms with Crippen LogP contribution in [-0.2, 0) is 0 Å². The molecule has 4 nitrogen and oxygen atoms in total. The van der Waals surface area contributed by atoms with Crippen molar-refractivity contribution in [1.82, 2.24) is 0 Å². The maximum atomic E-state index is 3.76. The van der Waals surface area contributed by atoms with Crippen molar-refractivity contribution in [2.75, 3.05) is 0 Å². The summed E-state index contributed by atoms with van der Waals surface area (Å²) >= 11 is 0. The maximum Gasteiger partial charge on any atom is 1.00 e. The van der Waals surface area contributed by atoms with Gasteiger partial charge in [0, 0.05) is 0 Å². The number of nitrogens with zero attached hydrogens (tertiary/aromatic N) is 4. The average molecular weight is 156 g/mol. The minimum absolute atomic E-state index is 0. The number of hydrogen-bond acceptors (Lipinski definition) is 2. The number of hydrogen-bond donors (Lipinski definition) is 0. The summed E-state index contributed by atoms with van der Waals surface area (Å²) in [5, 5.41) is 6.99. The molecule has 0 aliphatic heterocycles. The Morgan fingerprint density at radius 3 is 1.17 bits per heavy atom. The summed E-state index contributed by atoms with van der Waals surface area (Å²) in [7, 11) is 0. The maximum absolute atomic E-state index is 3.76. The predicted molar refractivity (Wildman–Crippen MR) is 41.8 cm³/mol. The molecule has 0 aromatic heterocycles. The van der Waals surface area contributed by atoms with Gasteiger partial charge >= 0.3 is 37.7 Å². The van der Waals surface area contributed by atoms with E-state index in [0.29, 0.717) is 0 Å². The minimum atomic E-state index is 0. The van der Waals surface area contributed by atoms with Gasteiger partial charge in [-0.05, 0) is 12.1 Å². The van der Waals surface area contributed by atoms with E-state index in [1.54, 1.807) is 0 Å². The van der Waals surface area contributed by atoms with Crippen LogP contribution in [0.5, 0.6) is 0 Å². The van der Waals surface area contributed by atoms with E-state index in [2.05, 4.69) is 21.3 Å². The largest absolute Gasteiger partial charge is 1.00 e. The normalized spacial score (nSPS) is 9.50. The monoisotopic (exact) mass is 156 g/mol. The zero-order valence-corrected chi connectivity index (χ0v) is 8.94. The Morgan fingerprint density at radius 2 is 1.00 bits per heavy atom. The smallest absolute Gasteiger partial charge is 0.498 e. The molecule has 0 amide bonds. The van der Waals surface area contributed by atoms with E-state index < -0.39 is 0 Å². The fourth-order valence-electron chi connectivity index (χ4n) is 0.253. The molecule has 0 rings (SSSR count). The van der Waals surface area contributed by atoms with Crippen LogP contribution in [0.2, 0.25) is 0 Å². The van der Waals surface area contributed by atoms with E-state index in [4.69, 9.17) is 0 Å². The molecule has 0 aromatic carbocycles. The summed E-state index contributed by atoms with van der Waals surface area (Å²) in [4.78, 5) is 0. The molecule has 0 heterocycles. The Kier molecular flexibility index (Phi) is 17.3. The van der Waals surface area contributed by atoms with Gasteiger partial charge in [-0.1, -0.05) is 27.7 Å². The van der Waals surface area contributed by atoms with Crippen LogP contribution in [-0.4, -0.2) is 12.1 Å². The second kappa shape index (κ2) is 11.4. The third-order valence-corrected chi connectivity index (χ3v) is 0.605. The molecule has 0 aromatic rings. The summed E-state index contributed by atoms with van der Waals surface area (Å²) in [5.41, 5.74) is 7.52. The van der Waals surface area contributed by atoms with Crippen LogP contribution < -0.4 is 37.7 Å². The van der Waals surface area contributed by atoms with Crippen LogP contribution in [0.4, 0.5) is 0 Å². The Morgan fingerprint density at radius 1 is 0.750 bits per heavy atom. The first kappa shape index (κ1) is 18.2. The van der Waals surface area contributed by atoms with Crippen molar-refractivity contribution in [2.45, 2.75) is 39.8 Å². The Labute approximate surface area is 98.6 Å². The van der Waals surface area contributed by atoms with Crippen molar-refractivity contribution in [3.63, 3.8) is 0 Å². The second-order valence-electron chi connectivity index (χ2n) is 2.60. The fourth-order valence-corrected chi connectivity index (χ4v) is 0.253. The van der Waals surface area contributed by atoms with Gasteiger partial charge < -0.3 is 21.3 Å². The van der Waals surface area contributed by atoms with Gasteiger partial charge in [0.05, 0.1) is 0 Å².